The van der Waals surface area contributed by atoms with Gasteiger partial charge in [-0.25, -0.2) is 0 Å². The first-order valence-corrected chi connectivity index (χ1v) is 7.32. The van der Waals surface area contributed by atoms with Crippen molar-refractivity contribution < 1.29 is 14.3 Å². The average molecular weight is 312 g/mol. The Morgan fingerprint density at radius 1 is 1.17 bits per heavy atom. The highest BCUT2D eigenvalue weighted by Gasteiger charge is 2.06. The van der Waals surface area contributed by atoms with Crippen molar-refractivity contribution in [1.82, 2.24) is 4.98 Å². The zero-order chi connectivity index (χ0) is 16.7. The number of nitrogens with one attached hydrogen (secondary N) is 1. The van der Waals surface area contributed by atoms with E-state index in [0.717, 1.165) is 5.56 Å². The molecule has 0 spiro atoms. The fourth-order valence-corrected chi connectivity index (χ4v) is 1.93. The Labute approximate surface area is 136 Å². The molecule has 23 heavy (non-hydrogen) atoms. The highest BCUT2D eigenvalue weighted by molar-refractivity contribution is 6.01. The van der Waals surface area contributed by atoms with Gasteiger partial charge < -0.3 is 14.8 Å². The lowest BCUT2D eigenvalue weighted by molar-refractivity contribution is -0.111. The normalized spacial score (nSPS) is 10.8. The maximum absolute atomic E-state index is 11.9. The SMILES string of the molecule is COc1cc(/C=C/C(=O)Nc2ccncc2)ccc1OC(C)C. The van der Waals surface area contributed by atoms with Crippen LogP contribution in [0.2, 0.25) is 0 Å². The van der Waals surface area contributed by atoms with Crippen LogP contribution in [0.5, 0.6) is 11.5 Å². The maximum Gasteiger partial charge on any atom is 0.248 e. The molecule has 0 atom stereocenters. The molecular formula is C18H20N2O3. The monoisotopic (exact) mass is 312 g/mol. The van der Waals surface area contributed by atoms with Gasteiger partial charge in [0.25, 0.3) is 0 Å². The third-order valence-corrected chi connectivity index (χ3v) is 2.93. The van der Waals surface area contributed by atoms with Gasteiger partial charge in [0.2, 0.25) is 5.91 Å². The van der Waals surface area contributed by atoms with Crippen molar-refractivity contribution in [2.24, 2.45) is 0 Å². The van der Waals surface area contributed by atoms with E-state index in [9.17, 15) is 4.79 Å². The number of anilines is 1. The first-order chi connectivity index (χ1) is 11.1. The lowest BCUT2D eigenvalue weighted by Gasteiger charge is -2.13. The van der Waals surface area contributed by atoms with Gasteiger partial charge in [0.05, 0.1) is 13.2 Å². The number of amides is 1. The van der Waals surface area contributed by atoms with Gasteiger partial charge in [-0.05, 0) is 49.8 Å². The standard InChI is InChI=1S/C18H20N2O3/c1-13(2)23-16-6-4-14(12-17(16)22-3)5-7-18(21)20-15-8-10-19-11-9-15/h4-13H,1-3H3,(H,19,20,21)/b7-5+. The second-order valence-corrected chi connectivity index (χ2v) is 5.14. The summed E-state index contributed by atoms with van der Waals surface area (Å²) in [5.41, 5.74) is 1.55. The molecule has 2 aromatic rings. The fraction of sp³-hybridized carbons (Fsp3) is 0.222. The van der Waals surface area contributed by atoms with Crippen molar-refractivity contribution >= 4 is 17.7 Å². The number of methoxy groups -OCH3 is 1. The van der Waals surface area contributed by atoms with E-state index in [2.05, 4.69) is 10.3 Å². The van der Waals surface area contributed by atoms with Gasteiger partial charge in [0.1, 0.15) is 0 Å². The smallest absolute Gasteiger partial charge is 0.248 e. The zero-order valence-corrected chi connectivity index (χ0v) is 13.4. The van der Waals surface area contributed by atoms with Gasteiger partial charge in [-0.15, -0.1) is 0 Å². The molecule has 0 saturated carbocycles. The van der Waals surface area contributed by atoms with Crippen molar-refractivity contribution in [3.05, 3.63) is 54.4 Å². The highest BCUT2D eigenvalue weighted by Crippen LogP contribution is 2.29. The minimum absolute atomic E-state index is 0.0661. The number of nitrogens with zero attached hydrogens (tertiary/aromatic N) is 1. The Bertz CT molecular complexity index is 682. The van der Waals surface area contributed by atoms with E-state index in [1.54, 1.807) is 37.7 Å². The molecule has 0 aliphatic heterocycles. The van der Waals surface area contributed by atoms with Crippen LogP contribution in [-0.4, -0.2) is 24.1 Å². The summed E-state index contributed by atoms with van der Waals surface area (Å²) in [6.07, 6.45) is 6.50. The Morgan fingerprint density at radius 3 is 2.57 bits per heavy atom. The Hall–Kier alpha value is -2.82. The zero-order valence-electron chi connectivity index (χ0n) is 13.4. The predicted octanol–water partition coefficient (Wildman–Crippen LogP) is 3.53. The molecular weight excluding hydrogens is 292 g/mol. The van der Waals surface area contributed by atoms with Gasteiger partial charge in [0, 0.05) is 24.2 Å². The van der Waals surface area contributed by atoms with E-state index in [1.165, 1.54) is 6.08 Å². The molecule has 1 heterocycles. The molecule has 1 N–H and O–H groups in total. The largest absolute Gasteiger partial charge is 0.493 e. The van der Waals surface area contributed by atoms with Crippen molar-refractivity contribution in [3.63, 3.8) is 0 Å². The number of ether oxygens (including phenoxy) is 2. The molecule has 2 rings (SSSR count). The molecule has 5 nitrogen and oxygen atoms in total. The van der Waals surface area contributed by atoms with E-state index < -0.39 is 0 Å². The number of carbonyl (C=O) groups excluding carboxylic acids is 1. The Balaban J connectivity index is 2.05. The summed E-state index contributed by atoms with van der Waals surface area (Å²) in [5, 5.41) is 2.76. The first-order valence-electron chi connectivity index (χ1n) is 7.32. The summed E-state index contributed by atoms with van der Waals surface area (Å²) in [5.74, 6) is 1.11. The maximum atomic E-state index is 11.9. The number of hydrogen-bond acceptors (Lipinski definition) is 4. The van der Waals surface area contributed by atoms with Gasteiger partial charge in [-0.3, -0.25) is 9.78 Å². The number of aromatic nitrogens is 1. The molecule has 0 fully saturated rings. The number of carbonyl (C=O) groups is 1. The van der Waals surface area contributed by atoms with Crippen LogP contribution in [0.15, 0.2) is 48.8 Å². The molecule has 0 radical (unpaired) electrons. The van der Waals surface area contributed by atoms with E-state index in [0.29, 0.717) is 17.2 Å². The van der Waals surface area contributed by atoms with Gasteiger partial charge in [0.15, 0.2) is 11.5 Å². The topological polar surface area (TPSA) is 60.5 Å². The first kappa shape index (κ1) is 16.5. The predicted molar refractivity (Wildman–Crippen MR) is 90.7 cm³/mol. The van der Waals surface area contributed by atoms with Crippen LogP contribution in [-0.2, 0) is 4.79 Å². The molecule has 0 saturated heterocycles. The minimum atomic E-state index is -0.210. The van der Waals surface area contributed by atoms with Gasteiger partial charge >= 0.3 is 0 Å². The van der Waals surface area contributed by atoms with Gasteiger partial charge in [-0.1, -0.05) is 6.07 Å². The van der Waals surface area contributed by atoms with Crippen LogP contribution in [0, 0.1) is 0 Å². The molecule has 5 heteroatoms. The van der Waals surface area contributed by atoms with Crippen LogP contribution >= 0.6 is 0 Å². The van der Waals surface area contributed by atoms with Crippen molar-refractivity contribution in [3.8, 4) is 11.5 Å². The molecule has 0 aliphatic carbocycles. The second-order valence-electron chi connectivity index (χ2n) is 5.14. The van der Waals surface area contributed by atoms with Gasteiger partial charge in [-0.2, -0.15) is 0 Å². The fourth-order valence-electron chi connectivity index (χ4n) is 1.93. The molecule has 1 amide bonds. The molecule has 0 aliphatic rings. The molecule has 120 valence electrons. The second kappa shape index (κ2) is 7.98. The van der Waals surface area contributed by atoms with Crippen LogP contribution in [0.25, 0.3) is 6.08 Å². The summed E-state index contributed by atoms with van der Waals surface area (Å²) in [7, 11) is 1.59. The highest BCUT2D eigenvalue weighted by atomic mass is 16.5. The number of benzene rings is 1. The average Bonchev–Trinajstić information content (AvgIpc) is 2.54. The Morgan fingerprint density at radius 2 is 1.91 bits per heavy atom. The molecule has 1 aromatic heterocycles. The molecule has 0 unspecified atom stereocenters. The van der Waals surface area contributed by atoms with Crippen LogP contribution in [0.1, 0.15) is 19.4 Å². The van der Waals surface area contributed by atoms with E-state index in [-0.39, 0.29) is 12.0 Å². The Kier molecular flexibility index (Phi) is 5.74. The van der Waals surface area contributed by atoms with Crippen LogP contribution in [0.3, 0.4) is 0 Å². The van der Waals surface area contributed by atoms with Crippen LogP contribution in [0.4, 0.5) is 5.69 Å². The summed E-state index contributed by atoms with van der Waals surface area (Å²) in [4.78, 5) is 15.8. The third-order valence-electron chi connectivity index (χ3n) is 2.93. The number of pyridine rings is 1. The van der Waals surface area contributed by atoms with Crippen molar-refractivity contribution in [1.29, 1.82) is 0 Å². The van der Waals surface area contributed by atoms with Crippen molar-refractivity contribution in [2.75, 3.05) is 12.4 Å². The van der Waals surface area contributed by atoms with E-state index >= 15 is 0 Å². The lowest BCUT2D eigenvalue weighted by atomic mass is 10.2. The quantitative estimate of drug-likeness (QED) is 0.829. The third kappa shape index (κ3) is 5.14. The molecule has 1 aromatic carbocycles. The molecule has 0 bridgehead atoms. The summed E-state index contributed by atoms with van der Waals surface area (Å²) >= 11 is 0. The lowest BCUT2D eigenvalue weighted by Crippen LogP contribution is -2.07. The number of hydrogen-bond donors (Lipinski definition) is 1. The van der Waals surface area contributed by atoms with E-state index in [4.69, 9.17) is 9.47 Å². The number of rotatable bonds is 6. The summed E-state index contributed by atoms with van der Waals surface area (Å²) < 4.78 is 11.0. The van der Waals surface area contributed by atoms with Crippen molar-refractivity contribution in [2.45, 2.75) is 20.0 Å². The van der Waals surface area contributed by atoms with E-state index in [1.807, 2.05) is 32.0 Å². The summed E-state index contributed by atoms with van der Waals surface area (Å²) in [6.45, 7) is 3.91. The minimum Gasteiger partial charge on any atom is -0.493 e. The van der Waals surface area contributed by atoms with Crippen LogP contribution < -0.4 is 14.8 Å². The summed E-state index contributed by atoms with van der Waals surface area (Å²) in [6, 6.07) is 8.99.